The molecule has 38 heavy (non-hydrogen) atoms. The smallest absolute Gasteiger partial charge is 0.348 e. The largest absolute Gasteiger partial charge is 0.453 e. The molecule has 6 rings (SSSR count). The number of rotatable bonds is 8. The van der Waals surface area contributed by atoms with Crippen LogP contribution in [0.25, 0.3) is 0 Å². The molecule has 1 atom stereocenters. The average molecular weight is 517 g/mol. The third-order valence-corrected chi connectivity index (χ3v) is 7.82. The zero-order valence-corrected chi connectivity index (χ0v) is 20.9. The van der Waals surface area contributed by atoms with Crippen LogP contribution in [0.4, 0.5) is 11.4 Å². The summed E-state index contributed by atoms with van der Waals surface area (Å²) in [6.07, 6.45) is 1.21. The van der Waals surface area contributed by atoms with Crippen molar-refractivity contribution in [3.05, 3.63) is 106 Å². The van der Waals surface area contributed by atoms with Crippen molar-refractivity contribution in [2.75, 3.05) is 31.5 Å². The molecule has 1 amide bonds. The molecule has 3 aliphatic heterocycles. The maximum Gasteiger partial charge on any atom is 0.348 e. The van der Waals surface area contributed by atoms with Crippen LogP contribution < -0.4 is 5.32 Å². The van der Waals surface area contributed by atoms with Crippen LogP contribution in [0.5, 0.6) is 0 Å². The predicted octanol–water partition coefficient (Wildman–Crippen LogP) is 3.62. The van der Waals surface area contributed by atoms with Crippen molar-refractivity contribution in [1.29, 1.82) is 0 Å². The number of ether oxygens (including phenoxy) is 1. The molecule has 0 radical (unpaired) electrons. The molecule has 3 saturated heterocycles. The number of carbonyl (C=O) groups excluding carboxylic acids is 2. The van der Waals surface area contributed by atoms with Gasteiger partial charge >= 0.3 is 5.97 Å². The first-order valence-corrected chi connectivity index (χ1v) is 12.7. The lowest BCUT2D eigenvalue weighted by atomic mass is 9.82. The Hall–Kier alpha value is -4.08. The molecular weight excluding hydrogens is 486 g/mol. The molecule has 3 heterocycles. The third-order valence-electron chi connectivity index (χ3n) is 7.82. The number of nitro groups is 1. The van der Waals surface area contributed by atoms with Crippen molar-refractivity contribution in [1.82, 2.24) is 0 Å². The Bertz CT molecular complexity index is 1270. The first kappa shape index (κ1) is 25.6. The fourth-order valence-corrected chi connectivity index (χ4v) is 5.73. The lowest BCUT2D eigenvalue weighted by Gasteiger charge is -2.51. The number of nitrogens with zero attached hydrogens (tertiary/aromatic N) is 2. The third kappa shape index (κ3) is 5.03. The van der Waals surface area contributed by atoms with Crippen LogP contribution in [-0.2, 0) is 19.9 Å². The Morgan fingerprint density at radius 1 is 0.947 bits per heavy atom. The van der Waals surface area contributed by atoms with E-state index in [1.807, 2.05) is 12.1 Å². The molecule has 3 aromatic rings. The normalized spacial score (nSPS) is 22.4. The van der Waals surface area contributed by atoms with Gasteiger partial charge in [-0.3, -0.25) is 14.9 Å². The quantitative estimate of drug-likeness (QED) is 0.204. The Labute approximate surface area is 220 Å². The summed E-state index contributed by atoms with van der Waals surface area (Å²) in [5.74, 6) is -0.746. The van der Waals surface area contributed by atoms with Crippen molar-refractivity contribution in [3.63, 3.8) is 0 Å². The highest BCUT2D eigenvalue weighted by molar-refractivity contribution is 5.91. The molecule has 0 aromatic heterocycles. The highest BCUT2D eigenvalue weighted by Crippen LogP contribution is 2.38. The van der Waals surface area contributed by atoms with Gasteiger partial charge in [0.15, 0.2) is 12.6 Å². The number of piperidine rings is 3. The summed E-state index contributed by atoms with van der Waals surface area (Å²) in [6, 6.07) is 23.3. The summed E-state index contributed by atoms with van der Waals surface area (Å²) in [7, 11) is 0. The maximum atomic E-state index is 13.6. The number of fused-ring (bicyclic) bond motifs is 3. The van der Waals surface area contributed by atoms with Crippen LogP contribution in [0.15, 0.2) is 84.9 Å². The van der Waals surface area contributed by atoms with Gasteiger partial charge in [0.1, 0.15) is 6.54 Å². The number of hydrogen-bond donors (Lipinski definition) is 2. The molecule has 9 nitrogen and oxygen atoms in total. The van der Waals surface area contributed by atoms with Crippen molar-refractivity contribution in [2.24, 2.45) is 5.92 Å². The number of carbonyl (C=O) groups is 2. The van der Waals surface area contributed by atoms with E-state index in [4.69, 9.17) is 4.74 Å². The van der Waals surface area contributed by atoms with Crippen LogP contribution in [0.2, 0.25) is 0 Å². The van der Waals surface area contributed by atoms with Gasteiger partial charge in [0.05, 0.1) is 18.0 Å². The maximum absolute atomic E-state index is 13.6. The number of quaternary nitrogens is 1. The summed E-state index contributed by atoms with van der Waals surface area (Å²) in [5.41, 5.74) is -0.636. The molecule has 3 fully saturated rings. The van der Waals surface area contributed by atoms with E-state index in [-0.39, 0.29) is 24.1 Å². The molecule has 0 aliphatic carbocycles. The van der Waals surface area contributed by atoms with Gasteiger partial charge in [-0.15, -0.1) is 0 Å². The number of hydrogen-bond acceptors (Lipinski definition) is 6. The van der Waals surface area contributed by atoms with Crippen LogP contribution in [-0.4, -0.2) is 58.7 Å². The number of nitro benzene ring substituents is 1. The highest BCUT2D eigenvalue weighted by atomic mass is 16.6. The van der Waals surface area contributed by atoms with E-state index in [9.17, 15) is 24.8 Å². The molecule has 0 unspecified atom stereocenters. The van der Waals surface area contributed by atoms with E-state index < -0.39 is 22.6 Å². The number of amides is 1. The second-order valence-electron chi connectivity index (χ2n) is 10.2. The number of nitrogens with one attached hydrogen (secondary N) is 1. The Morgan fingerprint density at radius 2 is 1.50 bits per heavy atom. The first-order chi connectivity index (χ1) is 18.3. The van der Waals surface area contributed by atoms with Crippen LogP contribution in [0, 0.1) is 16.0 Å². The lowest BCUT2D eigenvalue weighted by molar-refractivity contribution is -0.939. The lowest BCUT2D eigenvalue weighted by Crippen LogP contribution is -2.66. The molecule has 2 bridgehead atoms. The standard InChI is InChI=1S/C29H29N3O6/c33-27(30-24-11-13-25(14-12-24)31(36)37)20-32-17-15-21(16-18-32)26(19-32)38-28(34)29(35,22-7-3-1-4-8-22)23-9-5-2-6-10-23/h1-14,21,26,35H,15-20H2/p+1/t21?,26-,32?/m0/s1. The summed E-state index contributed by atoms with van der Waals surface area (Å²) < 4.78 is 6.55. The van der Waals surface area contributed by atoms with E-state index in [0.717, 1.165) is 25.9 Å². The van der Waals surface area contributed by atoms with Crippen molar-refractivity contribution in [3.8, 4) is 0 Å². The minimum Gasteiger partial charge on any atom is -0.453 e. The fourth-order valence-electron chi connectivity index (χ4n) is 5.73. The average Bonchev–Trinajstić information content (AvgIpc) is 2.94. The zero-order valence-electron chi connectivity index (χ0n) is 20.9. The monoisotopic (exact) mass is 516 g/mol. The van der Waals surface area contributed by atoms with Gasteiger partial charge in [0.25, 0.3) is 11.6 Å². The first-order valence-electron chi connectivity index (χ1n) is 12.7. The Kier molecular flexibility index (Phi) is 6.96. The summed E-state index contributed by atoms with van der Waals surface area (Å²) in [5, 5.41) is 25.5. The van der Waals surface area contributed by atoms with Crippen LogP contribution >= 0.6 is 0 Å². The zero-order chi connectivity index (χ0) is 26.8. The molecule has 2 N–H and O–H groups in total. The van der Waals surface area contributed by atoms with Gasteiger partial charge in [-0.1, -0.05) is 60.7 Å². The molecule has 3 aromatic carbocycles. The van der Waals surface area contributed by atoms with Gasteiger partial charge in [0.2, 0.25) is 5.60 Å². The van der Waals surface area contributed by atoms with E-state index in [0.29, 0.717) is 27.8 Å². The van der Waals surface area contributed by atoms with Gasteiger partial charge < -0.3 is 19.6 Å². The molecule has 196 valence electrons. The van der Waals surface area contributed by atoms with E-state index in [2.05, 4.69) is 5.32 Å². The minimum absolute atomic E-state index is 0.0430. The van der Waals surface area contributed by atoms with Crippen LogP contribution in [0.1, 0.15) is 24.0 Å². The number of anilines is 1. The predicted molar refractivity (Wildman–Crippen MR) is 140 cm³/mol. The Morgan fingerprint density at radius 3 is 2.03 bits per heavy atom. The summed E-state index contributed by atoms with van der Waals surface area (Å²) in [4.78, 5) is 37.0. The topological polar surface area (TPSA) is 119 Å². The molecule has 0 spiro atoms. The van der Waals surface area contributed by atoms with Crippen molar-refractivity contribution in [2.45, 2.75) is 24.5 Å². The molecule has 9 heteroatoms. The second kappa shape index (κ2) is 10.4. The number of non-ortho nitro benzene ring substituents is 1. The molecular formula is C29H30N3O6+. The van der Waals surface area contributed by atoms with Crippen LogP contribution in [0.3, 0.4) is 0 Å². The van der Waals surface area contributed by atoms with Crippen molar-refractivity contribution < 1.29 is 28.8 Å². The summed E-state index contributed by atoms with van der Waals surface area (Å²) in [6.45, 7) is 2.30. The van der Waals surface area contributed by atoms with Gasteiger partial charge in [-0.2, -0.15) is 0 Å². The van der Waals surface area contributed by atoms with E-state index >= 15 is 0 Å². The highest BCUT2D eigenvalue weighted by Gasteiger charge is 2.51. The van der Waals surface area contributed by atoms with Gasteiger partial charge in [-0.25, -0.2) is 4.79 Å². The van der Waals surface area contributed by atoms with Crippen molar-refractivity contribution >= 4 is 23.3 Å². The second-order valence-corrected chi connectivity index (χ2v) is 10.2. The molecule has 0 saturated carbocycles. The van der Waals surface area contributed by atoms with Gasteiger partial charge in [0, 0.05) is 36.6 Å². The SMILES string of the molecule is O=C(C[N+]12CCC(CC1)[C@@H](OC(=O)C(O)(c1ccccc1)c1ccccc1)C2)Nc1ccc([N+](=O)[O-])cc1. The number of esters is 1. The van der Waals surface area contributed by atoms with Gasteiger partial charge in [-0.05, 0) is 23.3 Å². The molecule has 3 aliphatic rings. The number of benzene rings is 3. The van der Waals surface area contributed by atoms with E-state index in [1.54, 1.807) is 48.5 Å². The summed E-state index contributed by atoms with van der Waals surface area (Å²) >= 11 is 0. The number of aliphatic hydroxyl groups is 1. The Balaban J connectivity index is 1.30. The van der Waals surface area contributed by atoms with E-state index in [1.165, 1.54) is 24.3 Å². The minimum atomic E-state index is -1.95. The fraction of sp³-hybridized carbons (Fsp3) is 0.310.